The molecule has 0 atom stereocenters. The molecule has 3 rings (SSSR count). The van der Waals surface area contributed by atoms with Crippen LogP contribution in [0.4, 0.5) is 10.1 Å². The van der Waals surface area contributed by atoms with E-state index in [4.69, 9.17) is 16.2 Å². The van der Waals surface area contributed by atoms with Crippen molar-refractivity contribution in [1.82, 2.24) is 0 Å². The summed E-state index contributed by atoms with van der Waals surface area (Å²) in [6.07, 6.45) is 4.17. The Morgan fingerprint density at radius 2 is 1.73 bits per heavy atom. The van der Waals surface area contributed by atoms with Crippen molar-refractivity contribution in [2.24, 2.45) is 0 Å². The maximum atomic E-state index is 15.3. The standard InChI is InChI=1S/C26H23FN2O2.C2H6/c1-2-21(18-6-4-3-5-7-18)26(19-10-12-24(29)20(15-19)16-28)22-11-8-17(14-23(22)27)9-13-25(30)31;1-2/h3-16,28H,2,29H2,1H3,(H,30,31);1-2H3/b13-9+,26-21-,28-16?;. The third-order valence-corrected chi connectivity index (χ3v) is 4.99. The second-order valence-electron chi connectivity index (χ2n) is 6.97. The first-order valence-corrected chi connectivity index (χ1v) is 10.8. The lowest BCUT2D eigenvalue weighted by atomic mass is 9.87. The number of rotatable bonds is 7. The van der Waals surface area contributed by atoms with Crippen LogP contribution in [0.1, 0.15) is 55.0 Å². The predicted octanol–water partition coefficient (Wildman–Crippen LogP) is 6.90. The SMILES string of the molecule is CC.CC/C(=C(\c1ccc(N)c(C=N)c1)c1ccc(/C=C/C(=O)O)cc1F)c1ccccc1. The smallest absolute Gasteiger partial charge is 0.328 e. The minimum atomic E-state index is -1.09. The van der Waals surface area contributed by atoms with Gasteiger partial charge in [-0.25, -0.2) is 9.18 Å². The van der Waals surface area contributed by atoms with Crippen LogP contribution in [0.5, 0.6) is 0 Å². The van der Waals surface area contributed by atoms with E-state index in [1.165, 1.54) is 18.4 Å². The number of hydrogen-bond donors (Lipinski definition) is 3. The summed E-state index contributed by atoms with van der Waals surface area (Å²) in [5.74, 6) is -1.55. The molecule has 0 saturated heterocycles. The number of carboxylic acids is 1. The third-order valence-electron chi connectivity index (χ3n) is 4.99. The Hall–Kier alpha value is -3.99. The van der Waals surface area contributed by atoms with E-state index in [-0.39, 0.29) is 0 Å². The fourth-order valence-electron chi connectivity index (χ4n) is 3.52. The molecule has 0 heterocycles. The lowest BCUT2D eigenvalue weighted by Crippen LogP contribution is -2.01. The van der Waals surface area contributed by atoms with Crippen molar-refractivity contribution < 1.29 is 14.3 Å². The summed E-state index contributed by atoms with van der Waals surface area (Å²) in [5, 5.41) is 16.5. The van der Waals surface area contributed by atoms with Gasteiger partial charge in [-0.05, 0) is 58.5 Å². The molecule has 0 radical (unpaired) electrons. The van der Waals surface area contributed by atoms with E-state index in [9.17, 15) is 4.79 Å². The molecule has 0 bridgehead atoms. The Labute approximate surface area is 194 Å². The molecule has 4 N–H and O–H groups in total. The van der Waals surface area contributed by atoms with Gasteiger partial charge in [0.25, 0.3) is 0 Å². The molecule has 0 aliphatic rings. The van der Waals surface area contributed by atoms with Crippen molar-refractivity contribution >= 4 is 35.1 Å². The number of allylic oxidation sites excluding steroid dienone is 1. The van der Waals surface area contributed by atoms with Crippen LogP contribution in [-0.4, -0.2) is 17.3 Å². The number of hydrogen-bond acceptors (Lipinski definition) is 3. The minimum Gasteiger partial charge on any atom is -0.478 e. The molecular formula is C28H29FN2O2. The van der Waals surface area contributed by atoms with Gasteiger partial charge in [0.2, 0.25) is 0 Å². The number of benzene rings is 3. The lowest BCUT2D eigenvalue weighted by Gasteiger charge is -2.18. The second kappa shape index (κ2) is 12.2. The Kier molecular flexibility index (Phi) is 9.30. The number of nitrogen functional groups attached to an aromatic ring is 1. The molecule has 0 amide bonds. The molecular weight excluding hydrogens is 415 g/mol. The molecule has 5 heteroatoms. The largest absolute Gasteiger partial charge is 0.478 e. The Balaban J connectivity index is 0.00000187. The molecule has 3 aromatic rings. The van der Waals surface area contributed by atoms with Gasteiger partial charge in [0.15, 0.2) is 0 Å². The summed E-state index contributed by atoms with van der Waals surface area (Å²) in [4.78, 5) is 10.8. The topological polar surface area (TPSA) is 87.2 Å². The quantitative estimate of drug-likeness (QED) is 0.160. The first-order chi connectivity index (χ1) is 15.9. The van der Waals surface area contributed by atoms with E-state index in [2.05, 4.69) is 0 Å². The molecule has 0 aliphatic heterocycles. The summed E-state index contributed by atoms with van der Waals surface area (Å²) < 4.78 is 15.3. The third kappa shape index (κ3) is 6.26. The highest BCUT2D eigenvalue weighted by molar-refractivity contribution is 6.00. The van der Waals surface area contributed by atoms with Gasteiger partial charge < -0.3 is 16.2 Å². The van der Waals surface area contributed by atoms with Gasteiger partial charge in [0.1, 0.15) is 5.82 Å². The lowest BCUT2D eigenvalue weighted by molar-refractivity contribution is -0.131. The Morgan fingerprint density at radius 3 is 2.30 bits per heavy atom. The van der Waals surface area contributed by atoms with Gasteiger partial charge in [-0.15, -0.1) is 0 Å². The fraction of sp³-hybridized carbons (Fsp3) is 0.143. The van der Waals surface area contributed by atoms with E-state index < -0.39 is 11.8 Å². The van der Waals surface area contributed by atoms with Crippen LogP contribution >= 0.6 is 0 Å². The van der Waals surface area contributed by atoms with Crippen molar-refractivity contribution in [1.29, 1.82) is 5.41 Å². The van der Waals surface area contributed by atoms with Gasteiger partial charge in [0, 0.05) is 29.1 Å². The highest BCUT2D eigenvalue weighted by Gasteiger charge is 2.17. The monoisotopic (exact) mass is 444 g/mol. The first-order valence-electron chi connectivity index (χ1n) is 10.8. The zero-order chi connectivity index (χ0) is 24.4. The number of carboxylic acid groups (broad SMARTS) is 1. The van der Waals surface area contributed by atoms with Crippen molar-refractivity contribution in [3.63, 3.8) is 0 Å². The summed E-state index contributed by atoms with van der Waals surface area (Å²) in [7, 11) is 0. The Morgan fingerprint density at radius 1 is 1.03 bits per heavy atom. The average molecular weight is 445 g/mol. The summed E-state index contributed by atoms with van der Waals surface area (Å²) in [6.45, 7) is 6.01. The zero-order valence-electron chi connectivity index (χ0n) is 19.1. The zero-order valence-corrected chi connectivity index (χ0v) is 19.1. The van der Waals surface area contributed by atoms with Crippen LogP contribution in [0.25, 0.3) is 17.2 Å². The summed E-state index contributed by atoms with van der Waals surface area (Å²) in [6, 6.07) is 19.8. The van der Waals surface area contributed by atoms with Gasteiger partial charge in [-0.2, -0.15) is 0 Å². The Bertz CT molecular complexity index is 1180. The van der Waals surface area contributed by atoms with Crippen molar-refractivity contribution in [2.45, 2.75) is 27.2 Å². The molecule has 0 aromatic heterocycles. The van der Waals surface area contributed by atoms with E-state index in [0.717, 1.165) is 22.8 Å². The number of carbonyl (C=O) groups is 1. The van der Waals surface area contributed by atoms with Crippen molar-refractivity contribution in [3.05, 3.63) is 106 Å². The number of halogens is 1. The number of anilines is 1. The normalized spacial score (nSPS) is 11.4. The van der Waals surface area contributed by atoms with Crippen LogP contribution in [0.3, 0.4) is 0 Å². The minimum absolute atomic E-state index is 0.397. The van der Waals surface area contributed by atoms with Gasteiger partial charge >= 0.3 is 5.97 Å². The molecule has 0 aliphatic carbocycles. The van der Waals surface area contributed by atoms with Gasteiger partial charge in [-0.1, -0.05) is 69.3 Å². The molecule has 3 aromatic carbocycles. The second-order valence-corrected chi connectivity index (χ2v) is 6.97. The molecule has 0 spiro atoms. The van der Waals surface area contributed by atoms with Crippen LogP contribution in [0, 0.1) is 11.2 Å². The molecule has 0 fully saturated rings. The average Bonchev–Trinajstić information content (AvgIpc) is 2.84. The van der Waals surface area contributed by atoms with Crippen LogP contribution in [-0.2, 0) is 4.79 Å². The van der Waals surface area contributed by atoms with Crippen LogP contribution < -0.4 is 5.73 Å². The van der Waals surface area contributed by atoms with Gasteiger partial charge in [0.05, 0.1) is 0 Å². The van der Waals surface area contributed by atoms with Gasteiger partial charge in [-0.3, -0.25) is 0 Å². The van der Waals surface area contributed by atoms with Crippen LogP contribution in [0.2, 0.25) is 0 Å². The van der Waals surface area contributed by atoms with Crippen molar-refractivity contribution in [3.8, 4) is 0 Å². The van der Waals surface area contributed by atoms with E-state index in [1.807, 2.05) is 57.2 Å². The molecule has 0 saturated carbocycles. The molecule has 170 valence electrons. The number of nitrogens with two attached hydrogens (primary N) is 1. The highest BCUT2D eigenvalue weighted by atomic mass is 19.1. The maximum absolute atomic E-state index is 15.3. The molecule has 0 unspecified atom stereocenters. The summed E-state index contributed by atoms with van der Waals surface area (Å²) in [5.41, 5.74) is 11.2. The predicted molar refractivity (Wildman–Crippen MR) is 136 cm³/mol. The highest BCUT2D eigenvalue weighted by Crippen LogP contribution is 2.36. The van der Waals surface area contributed by atoms with Crippen molar-refractivity contribution in [2.75, 3.05) is 5.73 Å². The molecule has 4 nitrogen and oxygen atoms in total. The van der Waals surface area contributed by atoms with E-state index in [1.54, 1.807) is 24.3 Å². The fourth-order valence-corrected chi connectivity index (χ4v) is 3.52. The van der Waals surface area contributed by atoms with Crippen LogP contribution in [0.15, 0.2) is 72.8 Å². The number of aliphatic carboxylic acids is 1. The first kappa shape index (κ1) is 25.3. The maximum Gasteiger partial charge on any atom is 0.328 e. The number of nitrogens with one attached hydrogen (secondary N) is 1. The molecule has 33 heavy (non-hydrogen) atoms. The summed E-state index contributed by atoms with van der Waals surface area (Å²) >= 11 is 0. The van der Waals surface area contributed by atoms with E-state index in [0.29, 0.717) is 34.4 Å². The van der Waals surface area contributed by atoms with E-state index >= 15 is 4.39 Å².